The molecule has 1 atom stereocenters. The molecule has 1 unspecified atom stereocenters. The molecule has 0 saturated heterocycles. The van der Waals surface area contributed by atoms with Gasteiger partial charge in [-0.3, -0.25) is 0 Å². The maximum absolute atomic E-state index is 3.56. The van der Waals surface area contributed by atoms with Crippen LogP contribution in [0.2, 0.25) is 0 Å². The average Bonchev–Trinajstić information content (AvgIpc) is 2.46. The van der Waals surface area contributed by atoms with Crippen molar-refractivity contribution in [2.45, 2.75) is 33.7 Å². The molecule has 0 bridgehead atoms. The molecule has 1 N–H and O–H groups in total. The SMILES string of the molecule is CC(NCC(C)(C)C)c1sccc1Br. The van der Waals surface area contributed by atoms with Gasteiger partial charge in [-0.15, -0.1) is 11.3 Å². The van der Waals surface area contributed by atoms with Crippen LogP contribution in [0.1, 0.15) is 38.6 Å². The van der Waals surface area contributed by atoms with Crippen molar-refractivity contribution in [3.63, 3.8) is 0 Å². The molecule has 0 aliphatic heterocycles. The Bertz CT molecular complexity index is 288. The third kappa shape index (κ3) is 3.71. The van der Waals surface area contributed by atoms with E-state index in [1.54, 1.807) is 11.3 Å². The molecule has 0 aliphatic rings. The van der Waals surface area contributed by atoms with Crippen molar-refractivity contribution in [3.8, 4) is 0 Å². The van der Waals surface area contributed by atoms with Crippen LogP contribution in [0, 0.1) is 5.41 Å². The van der Waals surface area contributed by atoms with Gasteiger partial charge in [-0.2, -0.15) is 0 Å². The molecule has 0 fully saturated rings. The zero-order valence-corrected chi connectivity index (χ0v) is 11.6. The summed E-state index contributed by atoms with van der Waals surface area (Å²) >= 11 is 5.36. The van der Waals surface area contributed by atoms with E-state index in [1.807, 2.05) is 0 Å². The van der Waals surface area contributed by atoms with E-state index in [9.17, 15) is 0 Å². The van der Waals surface area contributed by atoms with Gasteiger partial charge < -0.3 is 5.32 Å². The molecule has 1 nitrogen and oxygen atoms in total. The largest absolute Gasteiger partial charge is 0.309 e. The first-order valence-electron chi connectivity index (χ1n) is 4.86. The van der Waals surface area contributed by atoms with Gasteiger partial charge in [-0.25, -0.2) is 0 Å². The number of thiophene rings is 1. The summed E-state index contributed by atoms with van der Waals surface area (Å²) in [6.07, 6.45) is 0. The second-order valence-electron chi connectivity index (χ2n) is 4.80. The van der Waals surface area contributed by atoms with E-state index in [2.05, 4.69) is 60.4 Å². The Morgan fingerprint density at radius 3 is 2.57 bits per heavy atom. The molecule has 0 spiro atoms. The molecule has 0 aliphatic carbocycles. The summed E-state index contributed by atoms with van der Waals surface area (Å²) in [5, 5.41) is 5.67. The third-order valence-corrected chi connectivity index (χ3v) is 4.03. The van der Waals surface area contributed by atoms with Crippen LogP contribution in [0.25, 0.3) is 0 Å². The zero-order valence-electron chi connectivity index (χ0n) is 9.23. The van der Waals surface area contributed by atoms with E-state index in [0.29, 0.717) is 11.5 Å². The summed E-state index contributed by atoms with van der Waals surface area (Å²) in [6, 6.07) is 2.54. The quantitative estimate of drug-likeness (QED) is 0.872. The molecule has 1 aromatic rings. The third-order valence-electron chi connectivity index (χ3n) is 1.98. The van der Waals surface area contributed by atoms with Crippen LogP contribution in [0.3, 0.4) is 0 Å². The van der Waals surface area contributed by atoms with Crippen molar-refractivity contribution >= 4 is 27.3 Å². The standard InChI is InChI=1S/C11H18BrNS/c1-8(13-7-11(2,3)4)10-9(12)5-6-14-10/h5-6,8,13H,7H2,1-4H3. The van der Waals surface area contributed by atoms with Crippen LogP contribution in [-0.4, -0.2) is 6.54 Å². The van der Waals surface area contributed by atoms with Gasteiger partial charge in [0.2, 0.25) is 0 Å². The van der Waals surface area contributed by atoms with Crippen LogP contribution >= 0.6 is 27.3 Å². The Hall–Kier alpha value is 0.140. The second kappa shape index (κ2) is 4.77. The van der Waals surface area contributed by atoms with Crippen molar-refractivity contribution in [3.05, 3.63) is 20.8 Å². The average molecular weight is 276 g/mol. The highest BCUT2D eigenvalue weighted by Crippen LogP contribution is 2.29. The summed E-state index contributed by atoms with van der Waals surface area (Å²) < 4.78 is 1.22. The van der Waals surface area contributed by atoms with E-state index < -0.39 is 0 Å². The Morgan fingerprint density at radius 1 is 1.50 bits per heavy atom. The Balaban J connectivity index is 2.51. The molecule has 1 aromatic heterocycles. The summed E-state index contributed by atoms with van der Waals surface area (Å²) in [5.41, 5.74) is 0.345. The monoisotopic (exact) mass is 275 g/mol. The molecule has 80 valence electrons. The maximum Gasteiger partial charge on any atom is 0.0397 e. The van der Waals surface area contributed by atoms with E-state index in [4.69, 9.17) is 0 Å². The van der Waals surface area contributed by atoms with Gasteiger partial charge >= 0.3 is 0 Å². The lowest BCUT2D eigenvalue weighted by Gasteiger charge is -2.22. The van der Waals surface area contributed by atoms with Crippen molar-refractivity contribution < 1.29 is 0 Å². The van der Waals surface area contributed by atoms with E-state index >= 15 is 0 Å². The van der Waals surface area contributed by atoms with E-state index in [1.165, 1.54) is 9.35 Å². The van der Waals surface area contributed by atoms with Crippen LogP contribution in [0.5, 0.6) is 0 Å². The van der Waals surface area contributed by atoms with E-state index in [0.717, 1.165) is 6.54 Å². The lowest BCUT2D eigenvalue weighted by atomic mass is 9.96. The van der Waals surface area contributed by atoms with Crippen molar-refractivity contribution in [2.24, 2.45) is 5.41 Å². The minimum Gasteiger partial charge on any atom is -0.309 e. The normalized spacial score (nSPS) is 14.4. The molecule has 1 heterocycles. The highest BCUT2D eigenvalue weighted by Gasteiger charge is 2.14. The van der Waals surface area contributed by atoms with E-state index in [-0.39, 0.29) is 0 Å². The highest BCUT2D eigenvalue weighted by molar-refractivity contribution is 9.10. The molecule has 0 amide bonds. The first-order chi connectivity index (χ1) is 6.40. The molecule has 0 saturated carbocycles. The minimum atomic E-state index is 0.345. The molecule has 0 aromatic carbocycles. The molecule has 0 radical (unpaired) electrons. The summed E-state index contributed by atoms with van der Waals surface area (Å²) in [6.45, 7) is 9.99. The lowest BCUT2D eigenvalue weighted by Crippen LogP contribution is -2.28. The molecular weight excluding hydrogens is 258 g/mol. The second-order valence-corrected chi connectivity index (χ2v) is 6.60. The van der Waals surface area contributed by atoms with Crippen molar-refractivity contribution in [1.82, 2.24) is 5.32 Å². The fraction of sp³-hybridized carbons (Fsp3) is 0.636. The summed E-state index contributed by atoms with van der Waals surface area (Å²) in [7, 11) is 0. The first-order valence-corrected chi connectivity index (χ1v) is 6.54. The Morgan fingerprint density at radius 2 is 2.14 bits per heavy atom. The van der Waals surface area contributed by atoms with Crippen LogP contribution in [-0.2, 0) is 0 Å². The Labute approximate surface area is 99.0 Å². The fourth-order valence-corrected chi connectivity index (χ4v) is 2.92. The number of hydrogen-bond acceptors (Lipinski definition) is 2. The molecule has 1 rings (SSSR count). The summed E-state index contributed by atoms with van der Waals surface area (Å²) in [5.74, 6) is 0. The van der Waals surface area contributed by atoms with Crippen LogP contribution in [0.15, 0.2) is 15.9 Å². The molecule has 3 heteroatoms. The van der Waals surface area contributed by atoms with Gasteiger partial charge in [0.25, 0.3) is 0 Å². The van der Waals surface area contributed by atoms with Gasteiger partial charge in [0.15, 0.2) is 0 Å². The highest BCUT2D eigenvalue weighted by atomic mass is 79.9. The predicted octanol–water partition coefficient (Wildman–Crippen LogP) is 4.21. The first kappa shape index (κ1) is 12.2. The lowest BCUT2D eigenvalue weighted by molar-refractivity contribution is 0.360. The zero-order chi connectivity index (χ0) is 10.8. The van der Waals surface area contributed by atoms with Crippen LogP contribution in [0.4, 0.5) is 0 Å². The van der Waals surface area contributed by atoms with Gasteiger partial charge in [-0.1, -0.05) is 20.8 Å². The van der Waals surface area contributed by atoms with Crippen molar-refractivity contribution in [1.29, 1.82) is 0 Å². The number of halogens is 1. The molecule has 14 heavy (non-hydrogen) atoms. The van der Waals surface area contributed by atoms with Crippen LogP contribution < -0.4 is 5.32 Å². The van der Waals surface area contributed by atoms with Gasteiger partial charge in [0.05, 0.1) is 0 Å². The smallest absolute Gasteiger partial charge is 0.0397 e. The number of hydrogen-bond donors (Lipinski definition) is 1. The Kier molecular flexibility index (Phi) is 4.16. The maximum atomic E-state index is 3.56. The van der Waals surface area contributed by atoms with Gasteiger partial charge in [0, 0.05) is 21.9 Å². The number of nitrogens with one attached hydrogen (secondary N) is 1. The minimum absolute atomic E-state index is 0.345. The van der Waals surface area contributed by atoms with Crippen molar-refractivity contribution in [2.75, 3.05) is 6.54 Å². The fourth-order valence-electron chi connectivity index (χ4n) is 1.17. The van der Waals surface area contributed by atoms with Gasteiger partial charge in [0.1, 0.15) is 0 Å². The topological polar surface area (TPSA) is 12.0 Å². The predicted molar refractivity (Wildman–Crippen MR) is 67.9 cm³/mol. The van der Waals surface area contributed by atoms with Gasteiger partial charge in [-0.05, 0) is 39.7 Å². The molecular formula is C11H18BrNS. The number of rotatable bonds is 3. The summed E-state index contributed by atoms with van der Waals surface area (Å²) in [4.78, 5) is 1.38.